The van der Waals surface area contributed by atoms with Gasteiger partial charge >= 0.3 is 0 Å². The summed E-state index contributed by atoms with van der Waals surface area (Å²) < 4.78 is 0. The predicted molar refractivity (Wildman–Crippen MR) is 76.8 cm³/mol. The maximum absolute atomic E-state index is 12.1. The van der Waals surface area contributed by atoms with Crippen molar-refractivity contribution in [2.24, 2.45) is 0 Å². The second-order valence-electron chi connectivity index (χ2n) is 5.30. The fraction of sp³-hybridized carbons (Fsp3) is 0.500. The van der Waals surface area contributed by atoms with Crippen LogP contribution < -0.4 is 0 Å². The molecule has 1 aromatic rings. The van der Waals surface area contributed by atoms with Crippen LogP contribution in [-0.4, -0.2) is 41.9 Å². The van der Waals surface area contributed by atoms with E-state index >= 15 is 0 Å². The van der Waals surface area contributed by atoms with Gasteiger partial charge in [-0.2, -0.15) is 0 Å². The minimum atomic E-state index is -0.103. The highest BCUT2D eigenvalue weighted by molar-refractivity contribution is 5.98. The van der Waals surface area contributed by atoms with Crippen LogP contribution >= 0.6 is 0 Å². The second kappa shape index (κ2) is 6.66. The van der Waals surface area contributed by atoms with E-state index in [-0.39, 0.29) is 31.1 Å². The van der Waals surface area contributed by atoms with Crippen molar-refractivity contribution in [3.05, 3.63) is 34.9 Å². The Bertz CT molecular complexity index is 510. The fourth-order valence-corrected chi connectivity index (χ4v) is 2.58. The number of ketones is 1. The zero-order valence-electron chi connectivity index (χ0n) is 11.9. The van der Waals surface area contributed by atoms with Gasteiger partial charge in [-0.25, -0.2) is 0 Å². The van der Waals surface area contributed by atoms with Crippen LogP contribution in [0.3, 0.4) is 0 Å². The van der Waals surface area contributed by atoms with Crippen molar-refractivity contribution in [2.45, 2.75) is 32.1 Å². The molecule has 1 aliphatic rings. The molecule has 1 aliphatic carbocycles. The number of hydrogen-bond donors (Lipinski definition) is 1. The predicted octanol–water partition coefficient (Wildman–Crippen LogP) is 1.59. The number of hydrogen-bond acceptors (Lipinski definition) is 3. The van der Waals surface area contributed by atoms with Gasteiger partial charge in [0.25, 0.3) is 0 Å². The first-order valence-corrected chi connectivity index (χ1v) is 7.11. The number of aliphatic hydroxyl groups excluding tert-OH is 1. The van der Waals surface area contributed by atoms with Crippen molar-refractivity contribution < 1.29 is 14.7 Å². The zero-order valence-corrected chi connectivity index (χ0v) is 11.9. The Morgan fingerprint density at radius 2 is 1.95 bits per heavy atom. The summed E-state index contributed by atoms with van der Waals surface area (Å²) in [7, 11) is 1.64. The monoisotopic (exact) mass is 275 g/mol. The molecule has 0 atom stereocenters. The van der Waals surface area contributed by atoms with Crippen molar-refractivity contribution in [3.63, 3.8) is 0 Å². The first kappa shape index (κ1) is 14.7. The summed E-state index contributed by atoms with van der Waals surface area (Å²) in [6, 6.07) is 5.89. The molecule has 0 unspecified atom stereocenters. The van der Waals surface area contributed by atoms with E-state index in [0.717, 1.165) is 19.3 Å². The first-order chi connectivity index (χ1) is 9.61. The Labute approximate surface area is 119 Å². The van der Waals surface area contributed by atoms with Crippen molar-refractivity contribution in [3.8, 4) is 0 Å². The summed E-state index contributed by atoms with van der Waals surface area (Å²) in [5, 5.41) is 8.77. The molecule has 0 aromatic heterocycles. The second-order valence-corrected chi connectivity index (χ2v) is 5.30. The molecule has 0 aliphatic heterocycles. The van der Waals surface area contributed by atoms with E-state index in [9.17, 15) is 9.59 Å². The number of likely N-dealkylation sites (N-methyl/N-ethyl adjacent to an activating group) is 1. The number of Topliss-reactive ketones (excluding diaryl/α,β-unsaturated/α-hetero) is 1. The molecule has 0 saturated carbocycles. The Kier molecular flexibility index (Phi) is 4.90. The lowest BCUT2D eigenvalue weighted by Gasteiger charge is -2.15. The number of nitrogens with zero attached hydrogens (tertiary/aromatic N) is 1. The van der Waals surface area contributed by atoms with Crippen molar-refractivity contribution in [2.75, 3.05) is 20.2 Å². The Hall–Kier alpha value is -1.68. The topological polar surface area (TPSA) is 57.6 Å². The summed E-state index contributed by atoms with van der Waals surface area (Å²) >= 11 is 0. The highest BCUT2D eigenvalue weighted by Crippen LogP contribution is 2.23. The summed E-state index contributed by atoms with van der Waals surface area (Å²) in [5.41, 5.74) is 3.34. The van der Waals surface area contributed by atoms with E-state index < -0.39 is 0 Å². The van der Waals surface area contributed by atoms with Crippen LogP contribution in [0.1, 0.15) is 40.7 Å². The van der Waals surface area contributed by atoms with E-state index in [1.165, 1.54) is 16.0 Å². The minimum absolute atomic E-state index is 0.0189. The van der Waals surface area contributed by atoms with Crippen LogP contribution in [0.5, 0.6) is 0 Å². The van der Waals surface area contributed by atoms with Gasteiger partial charge in [-0.15, -0.1) is 0 Å². The van der Waals surface area contributed by atoms with Gasteiger partial charge in [0, 0.05) is 32.0 Å². The molecule has 1 N–H and O–H groups in total. The number of carbonyl (C=O) groups is 2. The number of aliphatic hydroxyl groups is 1. The Balaban J connectivity index is 1.90. The van der Waals surface area contributed by atoms with E-state index in [4.69, 9.17) is 5.11 Å². The SMILES string of the molecule is CN(CCO)C(=O)CCC(=O)c1ccc2c(c1)CCC2. The average Bonchev–Trinajstić information content (AvgIpc) is 2.91. The number of aryl methyl sites for hydroxylation is 2. The van der Waals surface area contributed by atoms with Gasteiger partial charge < -0.3 is 10.0 Å². The van der Waals surface area contributed by atoms with Gasteiger partial charge in [-0.3, -0.25) is 9.59 Å². The van der Waals surface area contributed by atoms with Crippen LogP contribution in [-0.2, 0) is 17.6 Å². The summed E-state index contributed by atoms with van der Waals surface area (Å²) in [5.74, 6) is -0.0843. The van der Waals surface area contributed by atoms with Gasteiger partial charge in [0.1, 0.15) is 0 Å². The van der Waals surface area contributed by atoms with Crippen LogP contribution in [0.2, 0.25) is 0 Å². The standard InChI is InChI=1S/C16H21NO3/c1-17(9-10-18)16(20)8-7-15(19)14-6-5-12-3-2-4-13(12)11-14/h5-6,11,18H,2-4,7-10H2,1H3. The van der Waals surface area contributed by atoms with Gasteiger partial charge in [0.15, 0.2) is 5.78 Å². The van der Waals surface area contributed by atoms with Crippen LogP contribution in [0, 0.1) is 0 Å². The molecule has 0 saturated heterocycles. The molecular weight excluding hydrogens is 254 g/mol. The number of fused-ring (bicyclic) bond motifs is 1. The van der Waals surface area contributed by atoms with Crippen LogP contribution in [0.4, 0.5) is 0 Å². The molecule has 20 heavy (non-hydrogen) atoms. The third-order valence-corrected chi connectivity index (χ3v) is 3.85. The van der Waals surface area contributed by atoms with Gasteiger partial charge in [0.2, 0.25) is 5.91 Å². The molecule has 4 nitrogen and oxygen atoms in total. The third kappa shape index (κ3) is 3.45. The highest BCUT2D eigenvalue weighted by Gasteiger charge is 2.15. The molecular formula is C16H21NO3. The van der Waals surface area contributed by atoms with Crippen LogP contribution in [0.15, 0.2) is 18.2 Å². The molecule has 4 heteroatoms. The molecule has 0 radical (unpaired) electrons. The average molecular weight is 275 g/mol. The van der Waals surface area contributed by atoms with E-state index in [1.807, 2.05) is 18.2 Å². The summed E-state index contributed by atoms with van der Waals surface area (Å²) in [4.78, 5) is 25.3. The zero-order chi connectivity index (χ0) is 14.5. The lowest BCUT2D eigenvalue weighted by atomic mass is 10.0. The number of carbonyl (C=O) groups excluding carboxylic acids is 2. The third-order valence-electron chi connectivity index (χ3n) is 3.85. The molecule has 1 aromatic carbocycles. The molecule has 108 valence electrons. The lowest BCUT2D eigenvalue weighted by molar-refractivity contribution is -0.130. The normalized spacial score (nSPS) is 13.1. The summed E-state index contributed by atoms with van der Waals surface area (Å²) in [6.07, 6.45) is 3.75. The number of benzene rings is 1. The smallest absolute Gasteiger partial charge is 0.222 e. The number of rotatable bonds is 6. The molecule has 0 spiro atoms. The Morgan fingerprint density at radius 3 is 2.70 bits per heavy atom. The van der Waals surface area contributed by atoms with Crippen LogP contribution in [0.25, 0.3) is 0 Å². The molecule has 1 amide bonds. The maximum atomic E-state index is 12.1. The van der Waals surface area contributed by atoms with Crippen molar-refractivity contribution in [1.29, 1.82) is 0 Å². The van der Waals surface area contributed by atoms with E-state index in [0.29, 0.717) is 12.1 Å². The largest absolute Gasteiger partial charge is 0.395 e. The van der Waals surface area contributed by atoms with Crippen molar-refractivity contribution >= 4 is 11.7 Å². The molecule has 0 fully saturated rings. The van der Waals surface area contributed by atoms with E-state index in [2.05, 4.69) is 0 Å². The van der Waals surface area contributed by atoms with Gasteiger partial charge in [-0.1, -0.05) is 12.1 Å². The van der Waals surface area contributed by atoms with E-state index in [1.54, 1.807) is 7.05 Å². The molecule has 2 rings (SSSR count). The van der Waals surface area contributed by atoms with Crippen molar-refractivity contribution in [1.82, 2.24) is 4.90 Å². The Morgan fingerprint density at radius 1 is 1.20 bits per heavy atom. The quantitative estimate of drug-likeness (QED) is 0.802. The fourth-order valence-electron chi connectivity index (χ4n) is 2.58. The van der Waals surface area contributed by atoms with Gasteiger partial charge in [-0.05, 0) is 36.5 Å². The maximum Gasteiger partial charge on any atom is 0.222 e. The minimum Gasteiger partial charge on any atom is -0.395 e. The first-order valence-electron chi connectivity index (χ1n) is 7.11. The number of amides is 1. The lowest BCUT2D eigenvalue weighted by Crippen LogP contribution is -2.29. The summed E-state index contributed by atoms with van der Waals surface area (Å²) in [6.45, 7) is 0.257. The molecule has 0 heterocycles. The highest BCUT2D eigenvalue weighted by atomic mass is 16.3. The molecule has 0 bridgehead atoms. The van der Waals surface area contributed by atoms with Gasteiger partial charge in [0.05, 0.1) is 6.61 Å².